The Morgan fingerprint density at radius 1 is 1.00 bits per heavy atom. The molecule has 0 saturated carbocycles. The Hall–Kier alpha value is -5.39. The number of para-hydroxylation sites is 1. The molecule has 1 aliphatic heterocycles. The quantitative estimate of drug-likeness (QED) is 0.215. The van der Waals surface area contributed by atoms with Gasteiger partial charge in [-0.05, 0) is 42.2 Å². The molecule has 0 atom stereocenters. The van der Waals surface area contributed by atoms with Crippen LogP contribution in [-0.2, 0) is 17.6 Å². The van der Waals surface area contributed by atoms with Gasteiger partial charge in [0.2, 0.25) is 11.9 Å². The Morgan fingerprint density at radius 2 is 1.76 bits per heavy atom. The zero-order valence-electron chi connectivity index (χ0n) is 25.9. The molecular weight excluding hydrogens is 570 g/mol. The summed E-state index contributed by atoms with van der Waals surface area (Å²) in [4.78, 5) is 38.6. The summed E-state index contributed by atoms with van der Waals surface area (Å²) in [6.07, 6.45) is 6.88. The lowest BCUT2D eigenvalue weighted by molar-refractivity contribution is -0.129. The number of hydrogen-bond acceptors (Lipinski definition) is 8. The van der Waals surface area contributed by atoms with Crippen molar-refractivity contribution in [3.63, 3.8) is 0 Å². The second-order valence-corrected chi connectivity index (χ2v) is 10.9. The van der Waals surface area contributed by atoms with Gasteiger partial charge in [-0.2, -0.15) is 15.1 Å². The number of aromatic amines is 1. The molecule has 1 fully saturated rings. The Kier molecular flexibility index (Phi) is 8.37. The van der Waals surface area contributed by atoms with Crippen molar-refractivity contribution >= 4 is 45.9 Å². The fourth-order valence-electron chi connectivity index (χ4n) is 5.70. The molecule has 3 N–H and O–H groups in total. The number of amides is 2. The van der Waals surface area contributed by atoms with Crippen molar-refractivity contribution in [3.8, 4) is 11.6 Å². The average molecular weight is 608 g/mol. The van der Waals surface area contributed by atoms with Crippen molar-refractivity contribution in [2.24, 2.45) is 0 Å². The van der Waals surface area contributed by atoms with E-state index in [1.807, 2.05) is 41.3 Å². The van der Waals surface area contributed by atoms with E-state index in [2.05, 4.69) is 44.6 Å². The van der Waals surface area contributed by atoms with Gasteiger partial charge in [-0.15, -0.1) is 0 Å². The molecule has 0 aliphatic carbocycles. The molecule has 2 aromatic carbocycles. The van der Waals surface area contributed by atoms with Gasteiger partial charge in [0.05, 0.1) is 29.9 Å². The molecule has 1 aliphatic rings. The Bertz CT molecular complexity index is 1830. The molecule has 0 radical (unpaired) electrons. The zero-order chi connectivity index (χ0) is 31.5. The van der Waals surface area contributed by atoms with Crippen molar-refractivity contribution in [2.75, 3.05) is 48.8 Å². The minimum atomic E-state index is -0.187. The lowest BCUT2D eigenvalue weighted by atomic mass is 10.0. The normalized spacial score (nSPS) is 13.2. The molecule has 3 aromatic heterocycles. The van der Waals surface area contributed by atoms with Crippen LogP contribution in [0.1, 0.15) is 42.3 Å². The monoisotopic (exact) mass is 607 g/mol. The number of anilines is 4. The van der Waals surface area contributed by atoms with E-state index in [1.165, 1.54) is 0 Å². The summed E-state index contributed by atoms with van der Waals surface area (Å²) >= 11 is 0. The second-order valence-electron chi connectivity index (χ2n) is 10.9. The highest BCUT2D eigenvalue weighted by Crippen LogP contribution is 2.33. The highest BCUT2D eigenvalue weighted by Gasteiger charge is 2.21. The first-order valence-corrected chi connectivity index (χ1v) is 15.2. The number of nitrogens with one attached hydrogen (secondary N) is 3. The first kappa shape index (κ1) is 29.7. The molecule has 0 spiro atoms. The Balaban J connectivity index is 1.25. The van der Waals surface area contributed by atoms with Crippen LogP contribution >= 0.6 is 0 Å². The highest BCUT2D eigenvalue weighted by atomic mass is 16.5. The maximum Gasteiger partial charge on any atom is 0.257 e. The summed E-state index contributed by atoms with van der Waals surface area (Å²) < 4.78 is 7.53. The summed E-state index contributed by atoms with van der Waals surface area (Å²) in [7, 11) is 1.62. The van der Waals surface area contributed by atoms with E-state index in [4.69, 9.17) is 9.72 Å². The van der Waals surface area contributed by atoms with Gasteiger partial charge in [-0.25, -0.2) is 0 Å². The van der Waals surface area contributed by atoms with Crippen LogP contribution in [0.5, 0.6) is 5.75 Å². The molecule has 6 rings (SSSR count). The predicted octanol–water partition coefficient (Wildman–Crippen LogP) is 4.94. The number of hydrogen-bond donors (Lipinski definition) is 3. The van der Waals surface area contributed by atoms with Crippen LogP contribution < -0.4 is 20.3 Å². The molecule has 4 heterocycles. The molecule has 0 unspecified atom stereocenters. The fraction of sp³-hybridized carbons (Fsp3) is 0.303. The molecule has 12 nitrogen and oxygen atoms in total. The highest BCUT2D eigenvalue weighted by molar-refractivity contribution is 6.05. The van der Waals surface area contributed by atoms with Gasteiger partial charge in [0, 0.05) is 62.9 Å². The van der Waals surface area contributed by atoms with Crippen LogP contribution in [-0.4, -0.2) is 74.7 Å². The first-order chi connectivity index (χ1) is 21.9. The molecule has 232 valence electrons. The molecule has 2 amide bonds. The smallest absolute Gasteiger partial charge is 0.257 e. The van der Waals surface area contributed by atoms with Crippen molar-refractivity contribution in [2.45, 2.75) is 33.6 Å². The third kappa shape index (κ3) is 6.03. The van der Waals surface area contributed by atoms with E-state index >= 15 is 0 Å². The molecular formula is C33H37N9O3. The third-order valence-electron chi connectivity index (χ3n) is 8.25. The number of ether oxygens (including phenoxy) is 1. The second kappa shape index (κ2) is 12.7. The molecule has 12 heteroatoms. The number of carbonyl (C=O) groups excluding carboxylic acids is 2. The van der Waals surface area contributed by atoms with E-state index in [1.54, 1.807) is 43.3 Å². The number of methoxy groups -OCH3 is 1. The predicted molar refractivity (Wildman–Crippen MR) is 175 cm³/mol. The lowest BCUT2D eigenvalue weighted by Crippen LogP contribution is -2.48. The number of rotatable bonds is 9. The molecule has 1 saturated heterocycles. The summed E-state index contributed by atoms with van der Waals surface area (Å²) in [6, 6.07) is 13.8. The van der Waals surface area contributed by atoms with Crippen LogP contribution in [0.3, 0.4) is 0 Å². The van der Waals surface area contributed by atoms with Crippen LogP contribution in [0.4, 0.5) is 23.0 Å². The van der Waals surface area contributed by atoms with Crippen LogP contribution in [0.25, 0.3) is 16.9 Å². The summed E-state index contributed by atoms with van der Waals surface area (Å²) in [5.74, 6) is 1.45. The number of H-pyrrole nitrogens is 1. The Labute approximate surface area is 261 Å². The minimum absolute atomic E-state index is 0.100. The maximum atomic E-state index is 13.4. The SMILES string of the molecule is CCc1cccc(CC)c1NC(=O)c1ccn(-c2nc(Nc3ccc(N4CCN(C(C)=O)CC4)cc3OC)nc3[nH]ncc23)c1. The van der Waals surface area contributed by atoms with Crippen LogP contribution in [0.2, 0.25) is 0 Å². The number of piperazine rings is 1. The minimum Gasteiger partial charge on any atom is -0.494 e. The van der Waals surface area contributed by atoms with Crippen LogP contribution in [0, 0.1) is 0 Å². The molecule has 0 bridgehead atoms. The third-order valence-corrected chi connectivity index (χ3v) is 8.25. The fourth-order valence-corrected chi connectivity index (χ4v) is 5.70. The van der Waals surface area contributed by atoms with Crippen molar-refractivity contribution < 1.29 is 14.3 Å². The summed E-state index contributed by atoms with van der Waals surface area (Å²) in [5, 5.41) is 14.3. The molecule has 45 heavy (non-hydrogen) atoms. The standard InChI is InChI=1S/C33H37N9O3/c1-5-22-8-7-9-23(6-2)29(22)36-32(44)24-12-13-42(20-24)31-26-19-34-39-30(26)37-33(38-31)35-27-11-10-25(18-28(27)45-4)41-16-14-40(15-17-41)21(3)43/h7-13,18-20H,5-6,14-17H2,1-4H3,(H,36,44)(H2,34,35,37,38,39). The zero-order valence-corrected chi connectivity index (χ0v) is 25.9. The van der Waals surface area contributed by atoms with Crippen molar-refractivity contribution in [1.29, 1.82) is 0 Å². The van der Waals surface area contributed by atoms with E-state index in [-0.39, 0.29) is 11.8 Å². The number of nitrogens with zero attached hydrogens (tertiary/aromatic N) is 6. The van der Waals surface area contributed by atoms with Gasteiger partial charge < -0.3 is 29.7 Å². The van der Waals surface area contributed by atoms with Gasteiger partial charge >= 0.3 is 0 Å². The first-order valence-electron chi connectivity index (χ1n) is 15.2. The molecule has 5 aromatic rings. The van der Waals surface area contributed by atoms with Gasteiger partial charge in [0.25, 0.3) is 5.91 Å². The summed E-state index contributed by atoms with van der Waals surface area (Å²) in [6.45, 7) is 8.65. The van der Waals surface area contributed by atoms with Crippen molar-refractivity contribution in [3.05, 3.63) is 77.7 Å². The van der Waals surface area contributed by atoms with Gasteiger partial charge in [-0.1, -0.05) is 32.0 Å². The average Bonchev–Trinajstić information content (AvgIpc) is 3.75. The lowest BCUT2D eigenvalue weighted by Gasteiger charge is -2.35. The van der Waals surface area contributed by atoms with Crippen LogP contribution in [0.15, 0.2) is 61.1 Å². The summed E-state index contributed by atoms with van der Waals surface area (Å²) in [5.41, 5.74) is 5.85. The van der Waals surface area contributed by atoms with E-state index in [0.29, 0.717) is 52.9 Å². The number of benzene rings is 2. The number of fused-ring (bicyclic) bond motifs is 1. The number of aryl methyl sites for hydroxylation is 2. The Morgan fingerprint density at radius 3 is 2.44 bits per heavy atom. The largest absolute Gasteiger partial charge is 0.494 e. The van der Waals surface area contributed by atoms with Gasteiger partial charge in [0.15, 0.2) is 11.5 Å². The van der Waals surface area contributed by atoms with Gasteiger partial charge in [0.1, 0.15) is 5.75 Å². The van der Waals surface area contributed by atoms with E-state index < -0.39 is 0 Å². The van der Waals surface area contributed by atoms with Gasteiger partial charge in [-0.3, -0.25) is 14.7 Å². The number of aromatic nitrogens is 5. The van der Waals surface area contributed by atoms with E-state index in [0.717, 1.165) is 48.4 Å². The van der Waals surface area contributed by atoms with E-state index in [9.17, 15) is 9.59 Å². The van der Waals surface area contributed by atoms with Crippen molar-refractivity contribution in [1.82, 2.24) is 29.6 Å². The number of carbonyl (C=O) groups is 2. The maximum absolute atomic E-state index is 13.4. The topological polar surface area (TPSA) is 133 Å².